The maximum Gasteiger partial charge on any atom is 0.255 e. The third-order valence-electron chi connectivity index (χ3n) is 6.01. The largest absolute Gasteiger partial charge is 0.419 e. The van der Waals surface area contributed by atoms with E-state index in [2.05, 4.69) is 43.0 Å². The minimum absolute atomic E-state index is 0.0636. The normalized spacial score (nSPS) is 13.9. The van der Waals surface area contributed by atoms with Crippen molar-refractivity contribution in [2.24, 2.45) is 0 Å². The third kappa shape index (κ3) is 4.30. The predicted molar refractivity (Wildman–Crippen MR) is 130 cm³/mol. The number of fused-ring (bicyclic) bond motifs is 1. The van der Waals surface area contributed by atoms with Crippen LogP contribution >= 0.6 is 11.6 Å². The summed E-state index contributed by atoms with van der Waals surface area (Å²) in [7, 11) is 0. The Morgan fingerprint density at radius 2 is 1.91 bits per heavy atom. The maximum absolute atomic E-state index is 13.9. The van der Waals surface area contributed by atoms with E-state index in [1.807, 2.05) is 27.8 Å². The van der Waals surface area contributed by atoms with Crippen molar-refractivity contribution in [3.63, 3.8) is 0 Å². The van der Waals surface area contributed by atoms with Gasteiger partial charge < -0.3 is 9.32 Å². The van der Waals surface area contributed by atoms with E-state index in [9.17, 15) is 4.79 Å². The zero-order valence-electron chi connectivity index (χ0n) is 19.7. The fraction of sp³-hybridized carbons (Fsp3) is 0.400. The molecule has 176 valence electrons. The lowest BCUT2D eigenvalue weighted by Crippen LogP contribution is -2.33. The molecule has 5 rings (SSSR count). The number of aromatic nitrogens is 5. The van der Waals surface area contributed by atoms with Crippen LogP contribution in [-0.4, -0.2) is 41.8 Å². The molecule has 0 atom stereocenters. The summed E-state index contributed by atoms with van der Waals surface area (Å²) in [5.74, 6) is 0.920. The summed E-state index contributed by atoms with van der Waals surface area (Å²) in [6, 6.07) is 9.42. The van der Waals surface area contributed by atoms with Crippen LogP contribution in [0.1, 0.15) is 74.4 Å². The van der Waals surface area contributed by atoms with E-state index in [1.165, 1.54) is 0 Å². The first kappa shape index (κ1) is 22.5. The minimum atomic E-state index is -0.0636. The SMILES string of the molecule is CC(C)c1cc(C(=O)N(Cc2nnc(-c3ccc(Cl)cc3)o2)C2CC2)c2cnn(C(C)C)c2n1. The standard InChI is InChI=1S/C25H27ClN6O2/c1-14(2)21-11-19(20-12-27-32(15(3)4)23(20)28-21)25(33)31(18-9-10-18)13-22-29-30-24(34-22)16-5-7-17(26)8-6-16/h5-8,11-12,14-15,18H,9-10,13H2,1-4H3. The first-order valence-electron chi connectivity index (χ1n) is 11.6. The lowest BCUT2D eigenvalue weighted by Gasteiger charge is -2.22. The van der Waals surface area contributed by atoms with Crippen molar-refractivity contribution >= 4 is 28.5 Å². The molecule has 1 amide bonds. The van der Waals surface area contributed by atoms with Gasteiger partial charge in [0.15, 0.2) is 5.65 Å². The number of carbonyl (C=O) groups excluding carboxylic acids is 1. The van der Waals surface area contributed by atoms with E-state index in [-0.39, 0.29) is 30.5 Å². The molecule has 1 aliphatic carbocycles. The summed E-state index contributed by atoms with van der Waals surface area (Å²) in [5, 5.41) is 14.3. The van der Waals surface area contributed by atoms with Crippen LogP contribution in [0.2, 0.25) is 5.02 Å². The molecule has 4 aromatic rings. The number of amides is 1. The first-order chi connectivity index (χ1) is 16.3. The molecule has 0 aliphatic heterocycles. The van der Waals surface area contributed by atoms with Gasteiger partial charge in [-0.3, -0.25) is 4.79 Å². The van der Waals surface area contributed by atoms with E-state index in [1.54, 1.807) is 18.3 Å². The number of nitrogens with zero attached hydrogens (tertiary/aromatic N) is 6. The van der Waals surface area contributed by atoms with Crippen molar-refractivity contribution in [1.82, 2.24) is 29.9 Å². The van der Waals surface area contributed by atoms with E-state index < -0.39 is 0 Å². The average molecular weight is 479 g/mol. The molecule has 1 aromatic carbocycles. The Bertz CT molecular complexity index is 1340. The molecule has 0 N–H and O–H groups in total. The van der Waals surface area contributed by atoms with Gasteiger partial charge in [-0.1, -0.05) is 25.4 Å². The van der Waals surface area contributed by atoms with Crippen molar-refractivity contribution in [2.75, 3.05) is 0 Å². The van der Waals surface area contributed by atoms with Crippen LogP contribution in [0, 0.1) is 0 Å². The highest BCUT2D eigenvalue weighted by Crippen LogP contribution is 2.33. The summed E-state index contributed by atoms with van der Waals surface area (Å²) >= 11 is 5.98. The second kappa shape index (κ2) is 8.83. The minimum Gasteiger partial charge on any atom is -0.419 e. The van der Waals surface area contributed by atoms with Crippen molar-refractivity contribution in [3.05, 3.63) is 58.7 Å². The molecular formula is C25H27ClN6O2. The molecule has 0 bridgehead atoms. The van der Waals surface area contributed by atoms with Crippen LogP contribution in [0.3, 0.4) is 0 Å². The third-order valence-corrected chi connectivity index (χ3v) is 6.26. The molecule has 0 spiro atoms. The molecule has 0 saturated heterocycles. The van der Waals surface area contributed by atoms with Crippen LogP contribution in [0.15, 0.2) is 40.9 Å². The predicted octanol–water partition coefficient (Wildman–Crippen LogP) is 5.64. The Morgan fingerprint density at radius 3 is 2.56 bits per heavy atom. The lowest BCUT2D eigenvalue weighted by molar-refractivity contribution is 0.0716. The molecular weight excluding hydrogens is 452 g/mol. The highest BCUT2D eigenvalue weighted by atomic mass is 35.5. The van der Waals surface area contributed by atoms with Gasteiger partial charge in [-0.15, -0.1) is 10.2 Å². The highest BCUT2D eigenvalue weighted by Gasteiger charge is 2.35. The summed E-state index contributed by atoms with van der Waals surface area (Å²) in [5.41, 5.74) is 3.01. The molecule has 9 heteroatoms. The van der Waals surface area contributed by atoms with Crippen LogP contribution in [-0.2, 0) is 6.54 Å². The van der Waals surface area contributed by atoms with Crippen molar-refractivity contribution in [2.45, 2.75) is 65.1 Å². The summed E-state index contributed by atoms with van der Waals surface area (Å²) in [4.78, 5) is 20.5. The Balaban J connectivity index is 1.48. The molecule has 8 nitrogen and oxygen atoms in total. The number of carbonyl (C=O) groups is 1. The fourth-order valence-corrected chi connectivity index (χ4v) is 4.09. The second-order valence-corrected chi connectivity index (χ2v) is 9.78. The Morgan fingerprint density at radius 1 is 1.18 bits per heavy atom. The summed E-state index contributed by atoms with van der Waals surface area (Å²) < 4.78 is 7.77. The Hall–Kier alpha value is -3.26. The van der Waals surface area contributed by atoms with E-state index in [4.69, 9.17) is 21.0 Å². The van der Waals surface area contributed by atoms with Crippen molar-refractivity contribution < 1.29 is 9.21 Å². The van der Waals surface area contributed by atoms with Gasteiger partial charge in [0, 0.05) is 28.4 Å². The number of hydrogen-bond acceptors (Lipinski definition) is 6. The number of pyridine rings is 1. The molecule has 1 saturated carbocycles. The second-order valence-electron chi connectivity index (χ2n) is 9.34. The van der Waals surface area contributed by atoms with Gasteiger partial charge in [0.25, 0.3) is 5.91 Å². The van der Waals surface area contributed by atoms with E-state index in [0.717, 1.165) is 35.1 Å². The van der Waals surface area contributed by atoms with Crippen LogP contribution < -0.4 is 0 Å². The van der Waals surface area contributed by atoms with Gasteiger partial charge in [0.1, 0.15) is 0 Å². The molecule has 34 heavy (non-hydrogen) atoms. The lowest BCUT2D eigenvalue weighted by atomic mass is 10.0. The first-order valence-corrected chi connectivity index (χ1v) is 12.0. The van der Waals surface area contributed by atoms with Gasteiger partial charge in [0.05, 0.1) is 23.7 Å². The monoisotopic (exact) mass is 478 g/mol. The van der Waals surface area contributed by atoms with Crippen LogP contribution in [0.4, 0.5) is 0 Å². The number of halogens is 1. The highest BCUT2D eigenvalue weighted by molar-refractivity contribution is 6.30. The molecule has 1 fully saturated rings. The zero-order chi connectivity index (χ0) is 24.0. The molecule has 3 heterocycles. The summed E-state index contributed by atoms with van der Waals surface area (Å²) in [6.07, 6.45) is 3.66. The average Bonchev–Trinajstić information content (AvgIpc) is 3.38. The van der Waals surface area contributed by atoms with Gasteiger partial charge >= 0.3 is 0 Å². The van der Waals surface area contributed by atoms with Crippen LogP contribution in [0.25, 0.3) is 22.5 Å². The topological polar surface area (TPSA) is 89.9 Å². The van der Waals surface area contributed by atoms with Gasteiger partial charge in [-0.2, -0.15) is 5.10 Å². The van der Waals surface area contributed by atoms with Gasteiger partial charge in [0.2, 0.25) is 11.8 Å². The quantitative estimate of drug-likeness (QED) is 0.341. The van der Waals surface area contributed by atoms with E-state index in [0.29, 0.717) is 22.4 Å². The van der Waals surface area contributed by atoms with Crippen LogP contribution in [0.5, 0.6) is 0 Å². The molecule has 0 unspecified atom stereocenters. The number of rotatable bonds is 7. The smallest absolute Gasteiger partial charge is 0.255 e. The van der Waals surface area contributed by atoms with Crippen molar-refractivity contribution in [1.29, 1.82) is 0 Å². The van der Waals surface area contributed by atoms with Gasteiger partial charge in [-0.25, -0.2) is 9.67 Å². The zero-order valence-corrected chi connectivity index (χ0v) is 20.5. The maximum atomic E-state index is 13.9. The Kier molecular flexibility index (Phi) is 5.85. The molecule has 0 radical (unpaired) electrons. The van der Waals surface area contributed by atoms with Crippen molar-refractivity contribution in [3.8, 4) is 11.5 Å². The number of hydrogen-bond donors (Lipinski definition) is 0. The fourth-order valence-electron chi connectivity index (χ4n) is 3.97. The molecule has 3 aromatic heterocycles. The summed E-state index contributed by atoms with van der Waals surface area (Å²) in [6.45, 7) is 8.52. The molecule has 1 aliphatic rings. The van der Waals surface area contributed by atoms with Gasteiger partial charge in [-0.05, 0) is 62.9 Å². The number of benzene rings is 1. The van der Waals surface area contributed by atoms with E-state index >= 15 is 0 Å². The Labute approximate surface area is 202 Å².